The summed E-state index contributed by atoms with van der Waals surface area (Å²) in [5.74, 6) is -0.830. The molecule has 15 heavy (non-hydrogen) atoms. The van der Waals surface area contributed by atoms with Crippen LogP contribution in [0.2, 0.25) is 0 Å². The van der Waals surface area contributed by atoms with Crippen molar-refractivity contribution in [1.82, 2.24) is 0 Å². The fourth-order valence-corrected chi connectivity index (χ4v) is 1.92. The zero-order chi connectivity index (χ0) is 10.8. The van der Waals surface area contributed by atoms with Crippen LogP contribution in [0, 0.1) is 15.2 Å². The molecule has 0 aliphatic heterocycles. The van der Waals surface area contributed by atoms with Gasteiger partial charge in [0.25, 0.3) is 0 Å². The van der Waals surface area contributed by atoms with Gasteiger partial charge in [-0.05, 0) is 58.5 Å². The van der Waals surface area contributed by atoms with E-state index in [2.05, 4.69) is 22.6 Å². The van der Waals surface area contributed by atoms with E-state index < -0.39 is 11.6 Å². The highest BCUT2D eigenvalue weighted by molar-refractivity contribution is 14.1. The van der Waals surface area contributed by atoms with E-state index in [-0.39, 0.29) is 0 Å². The number of halogens is 3. The smallest absolute Gasteiger partial charge is 0.131 e. The maximum absolute atomic E-state index is 13.4. The molecule has 0 fully saturated rings. The second kappa shape index (κ2) is 4.26. The second-order valence-corrected chi connectivity index (χ2v) is 4.38. The molecular weight excluding hydrogens is 309 g/mol. The Morgan fingerprint density at radius 1 is 0.933 bits per heavy atom. The van der Waals surface area contributed by atoms with Crippen LogP contribution in [0.5, 0.6) is 0 Å². The van der Waals surface area contributed by atoms with E-state index >= 15 is 0 Å². The molecule has 0 amide bonds. The Morgan fingerprint density at radius 3 is 2.47 bits per heavy atom. The zero-order valence-electron chi connectivity index (χ0n) is 7.68. The standard InChI is InChI=1S/C12H7F2I/c13-9-4-5-12(14)11(7-9)8-2-1-3-10(15)6-8/h1-7H. The summed E-state index contributed by atoms with van der Waals surface area (Å²) >= 11 is 2.14. The summed E-state index contributed by atoms with van der Waals surface area (Å²) in [5, 5.41) is 0. The SMILES string of the molecule is Fc1ccc(F)c(-c2cccc(I)c2)c1. The van der Waals surface area contributed by atoms with Gasteiger partial charge in [-0.25, -0.2) is 8.78 Å². The minimum Gasteiger partial charge on any atom is -0.207 e. The van der Waals surface area contributed by atoms with Gasteiger partial charge in [0.15, 0.2) is 0 Å². The van der Waals surface area contributed by atoms with Crippen LogP contribution in [-0.2, 0) is 0 Å². The molecule has 2 aromatic carbocycles. The van der Waals surface area contributed by atoms with Gasteiger partial charge in [0.05, 0.1) is 0 Å². The zero-order valence-corrected chi connectivity index (χ0v) is 9.83. The van der Waals surface area contributed by atoms with Crippen LogP contribution in [0.3, 0.4) is 0 Å². The van der Waals surface area contributed by atoms with Gasteiger partial charge < -0.3 is 0 Å². The van der Waals surface area contributed by atoms with Crippen molar-refractivity contribution in [3.8, 4) is 11.1 Å². The molecule has 0 saturated heterocycles. The largest absolute Gasteiger partial charge is 0.207 e. The van der Waals surface area contributed by atoms with Gasteiger partial charge in [0, 0.05) is 9.13 Å². The average molecular weight is 316 g/mol. The molecular formula is C12H7F2I. The molecule has 0 atom stereocenters. The maximum Gasteiger partial charge on any atom is 0.131 e. The van der Waals surface area contributed by atoms with E-state index in [1.54, 1.807) is 6.07 Å². The molecule has 0 radical (unpaired) electrons. The number of hydrogen-bond acceptors (Lipinski definition) is 0. The Morgan fingerprint density at radius 2 is 1.73 bits per heavy atom. The summed E-state index contributed by atoms with van der Waals surface area (Å²) in [7, 11) is 0. The van der Waals surface area contributed by atoms with Crippen molar-refractivity contribution >= 4 is 22.6 Å². The van der Waals surface area contributed by atoms with Crippen LogP contribution in [-0.4, -0.2) is 0 Å². The van der Waals surface area contributed by atoms with Crippen molar-refractivity contribution in [1.29, 1.82) is 0 Å². The summed E-state index contributed by atoms with van der Waals surface area (Å²) in [6.07, 6.45) is 0. The third kappa shape index (κ3) is 2.34. The minimum absolute atomic E-state index is 0.300. The quantitative estimate of drug-likeness (QED) is 0.691. The number of hydrogen-bond donors (Lipinski definition) is 0. The van der Waals surface area contributed by atoms with Gasteiger partial charge in [0.1, 0.15) is 11.6 Å². The Kier molecular flexibility index (Phi) is 3.00. The first-order valence-electron chi connectivity index (χ1n) is 4.38. The molecule has 3 heteroatoms. The fourth-order valence-electron chi connectivity index (χ4n) is 1.37. The summed E-state index contributed by atoms with van der Waals surface area (Å²) in [6, 6.07) is 10.8. The van der Waals surface area contributed by atoms with Crippen LogP contribution in [0.4, 0.5) is 8.78 Å². The van der Waals surface area contributed by atoms with E-state index in [4.69, 9.17) is 0 Å². The van der Waals surface area contributed by atoms with E-state index in [1.807, 2.05) is 18.2 Å². The van der Waals surface area contributed by atoms with Gasteiger partial charge >= 0.3 is 0 Å². The molecule has 2 rings (SSSR count). The first kappa shape index (κ1) is 10.5. The molecule has 0 N–H and O–H groups in total. The topological polar surface area (TPSA) is 0 Å². The molecule has 0 aliphatic rings. The highest BCUT2D eigenvalue weighted by Crippen LogP contribution is 2.24. The summed E-state index contributed by atoms with van der Waals surface area (Å²) in [4.78, 5) is 0. The van der Waals surface area contributed by atoms with Gasteiger partial charge in [-0.1, -0.05) is 12.1 Å². The molecule has 0 bridgehead atoms. The lowest BCUT2D eigenvalue weighted by molar-refractivity contribution is 0.603. The summed E-state index contributed by atoms with van der Waals surface area (Å²) in [6.45, 7) is 0. The highest BCUT2D eigenvalue weighted by Gasteiger charge is 2.06. The lowest BCUT2D eigenvalue weighted by atomic mass is 10.1. The van der Waals surface area contributed by atoms with Crippen molar-refractivity contribution in [2.75, 3.05) is 0 Å². The monoisotopic (exact) mass is 316 g/mol. The summed E-state index contributed by atoms with van der Waals surface area (Å²) in [5.41, 5.74) is 0.993. The molecule has 76 valence electrons. The van der Waals surface area contributed by atoms with Crippen LogP contribution in [0.1, 0.15) is 0 Å². The predicted octanol–water partition coefficient (Wildman–Crippen LogP) is 4.24. The van der Waals surface area contributed by atoms with E-state index in [0.29, 0.717) is 11.1 Å². The van der Waals surface area contributed by atoms with Crippen molar-refractivity contribution in [2.45, 2.75) is 0 Å². The highest BCUT2D eigenvalue weighted by atomic mass is 127. The maximum atomic E-state index is 13.4. The lowest BCUT2D eigenvalue weighted by Crippen LogP contribution is -1.86. The van der Waals surface area contributed by atoms with Crippen LogP contribution >= 0.6 is 22.6 Å². The van der Waals surface area contributed by atoms with E-state index in [0.717, 1.165) is 15.7 Å². The van der Waals surface area contributed by atoms with Crippen LogP contribution in [0.15, 0.2) is 42.5 Å². The molecule has 0 saturated carbocycles. The predicted molar refractivity (Wildman–Crippen MR) is 64.5 cm³/mol. The van der Waals surface area contributed by atoms with Crippen LogP contribution in [0.25, 0.3) is 11.1 Å². The molecule has 2 aromatic rings. The Balaban J connectivity index is 2.58. The molecule has 0 aromatic heterocycles. The Hall–Kier alpha value is -0.970. The first-order valence-corrected chi connectivity index (χ1v) is 5.46. The molecule has 0 unspecified atom stereocenters. The van der Waals surface area contributed by atoms with Crippen LogP contribution < -0.4 is 0 Å². The van der Waals surface area contributed by atoms with Gasteiger partial charge in [0.2, 0.25) is 0 Å². The van der Waals surface area contributed by atoms with Gasteiger partial charge in [-0.3, -0.25) is 0 Å². The molecule has 0 nitrogen and oxygen atoms in total. The van der Waals surface area contributed by atoms with Crippen molar-refractivity contribution in [2.24, 2.45) is 0 Å². The minimum atomic E-state index is -0.426. The normalized spacial score (nSPS) is 10.3. The second-order valence-electron chi connectivity index (χ2n) is 3.13. The molecule has 0 spiro atoms. The van der Waals surface area contributed by atoms with Crippen molar-refractivity contribution in [3.63, 3.8) is 0 Å². The van der Waals surface area contributed by atoms with Crippen molar-refractivity contribution in [3.05, 3.63) is 57.7 Å². The van der Waals surface area contributed by atoms with Gasteiger partial charge in [-0.15, -0.1) is 0 Å². The molecule has 0 heterocycles. The fraction of sp³-hybridized carbons (Fsp3) is 0. The third-order valence-corrected chi connectivity index (χ3v) is 2.74. The first-order chi connectivity index (χ1) is 7.16. The Bertz CT molecular complexity index is 495. The Labute approximate surface area is 100 Å². The van der Waals surface area contributed by atoms with Crippen molar-refractivity contribution < 1.29 is 8.78 Å². The number of rotatable bonds is 1. The summed E-state index contributed by atoms with van der Waals surface area (Å²) < 4.78 is 27.4. The van der Waals surface area contributed by atoms with E-state index in [9.17, 15) is 8.78 Å². The van der Waals surface area contributed by atoms with E-state index in [1.165, 1.54) is 6.07 Å². The third-order valence-electron chi connectivity index (χ3n) is 2.06. The number of benzene rings is 2. The van der Waals surface area contributed by atoms with Gasteiger partial charge in [-0.2, -0.15) is 0 Å². The lowest BCUT2D eigenvalue weighted by Gasteiger charge is -2.03. The average Bonchev–Trinajstić information content (AvgIpc) is 2.22. The molecule has 0 aliphatic carbocycles.